The number of aliphatic hydroxyl groups excluding tert-OH is 1. The zero-order valence-electron chi connectivity index (χ0n) is 24.1. The predicted octanol–water partition coefficient (Wildman–Crippen LogP) is 4.39. The highest BCUT2D eigenvalue weighted by Gasteiger charge is 2.71. The number of fused-ring (bicyclic) bond motifs is 2. The number of anilines is 1. The van der Waals surface area contributed by atoms with E-state index in [0.29, 0.717) is 19.6 Å². The zero-order valence-corrected chi connectivity index (χ0v) is 25.0. The topological polar surface area (TPSA) is 87.2 Å². The molecule has 1 spiro atoms. The van der Waals surface area contributed by atoms with Crippen molar-refractivity contribution in [2.75, 3.05) is 24.7 Å². The monoisotopic (exact) mass is 586 g/mol. The van der Waals surface area contributed by atoms with Crippen molar-refractivity contribution in [2.45, 2.75) is 61.6 Å². The molecular formula is C34H38N2O5S. The van der Waals surface area contributed by atoms with Gasteiger partial charge < -0.3 is 19.6 Å². The second kappa shape index (κ2) is 11.7. The number of ether oxygens (including phenoxy) is 1. The molecule has 0 radical (unpaired) electrons. The van der Waals surface area contributed by atoms with Crippen LogP contribution in [0.2, 0.25) is 0 Å². The Balaban J connectivity index is 1.49. The van der Waals surface area contributed by atoms with E-state index in [1.165, 1.54) is 11.8 Å². The molecular weight excluding hydrogens is 548 g/mol. The maximum atomic E-state index is 14.9. The van der Waals surface area contributed by atoms with Gasteiger partial charge >= 0.3 is 5.97 Å². The van der Waals surface area contributed by atoms with E-state index in [0.717, 1.165) is 41.6 Å². The smallest absolute Gasteiger partial charge is 0.311 e. The Morgan fingerprint density at radius 3 is 2.50 bits per heavy atom. The van der Waals surface area contributed by atoms with Gasteiger partial charge in [0.15, 0.2) is 0 Å². The lowest BCUT2D eigenvalue weighted by Gasteiger charge is -2.39. The Bertz CT molecular complexity index is 1400. The molecule has 2 aromatic carbocycles. The van der Waals surface area contributed by atoms with Gasteiger partial charge in [-0.2, -0.15) is 0 Å². The molecule has 0 aliphatic carbocycles. The number of carbonyl (C=O) groups is 3. The number of cyclic esters (lactones) is 1. The lowest BCUT2D eigenvalue weighted by atomic mass is 9.78. The Morgan fingerprint density at radius 1 is 1.00 bits per heavy atom. The number of hydrogen-bond donors (Lipinski definition) is 1. The molecule has 8 heteroatoms. The molecule has 7 nitrogen and oxygen atoms in total. The Kier molecular flexibility index (Phi) is 8.03. The quantitative estimate of drug-likeness (QED) is 0.413. The molecule has 6 atom stereocenters. The number of nitrogens with zero attached hydrogens (tertiary/aromatic N) is 2. The van der Waals surface area contributed by atoms with Crippen LogP contribution in [-0.4, -0.2) is 69.6 Å². The van der Waals surface area contributed by atoms with Gasteiger partial charge in [0.1, 0.15) is 6.04 Å². The van der Waals surface area contributed by atoms with Crippen LogP contribution in [0.25, 0.3) is 0 Å². The van der Waals surface area contributed by atoms with E-state index in [-0.39, 0.29) is 29.6 Å². The van der Waals surface area contributed by atoms with E-state index in [2.05, 4.69) is 6.08 Å². The first-order chi connectivity index (χ1) is 20.4. The number of carbonyl (C=O) groups excluding carboxylic acids is 3. The molecule has 42 heavy (non-hydrogen) atoms. The molecule has 0 bridgehead atoms. The van der Waals surface area contributed by atoms with Crippen LogP contribution < -0.4 is 4.90 Å². The summed E-state index contributed by atoms with van der Waals surface area (Å²) >= 11 is 1.54. The Labute approximate surface area is 251 Å². The van der Waals surface area contributed by atoms with Gasteiger partial charge in [-0.1, -0.05) is 72.8 Å². The summed E-state index contributed by atoms with van der Waals surface area (Å²) in [6.45, 7) is 4.36. The van der Waals surface area contributed by atoms with Crippen molar-refractivity contribution < 1.29 is 24.2 Å². The molecule has 4 aliphatic heterocycles. The average molecular weight is 587 g/mol. The van der Waals surface area contributed by atoms with E-state index in [1.807, 2.05) is 80.6 Å². The molecule has 4 heterocycles. The molecule has 4 aliphatic rings. The number of allylic oxidation sites excluding steroid dienone is 1. The minimum absolute atomic E-state index is 0.187. The van der Waals surface area contributed by atoms with Crippen molar-refractivity contribution in [1.82, 2.24) is 4.90 Å². The fourth-order valence-corrected chi connectivity index (χ4v) is 9.31. The highest BCUT2D eigenvalue weighted by molar-refractivity contribution is 8.02. The van der Waals surface area contributed by atoms with Crippen molar-refractivity contribution in [3.05, 3.63) is 89.5 Å². The fraction of sp³-hybridized carbons (Fsp3) is 0.441. The van der Waals surface area contributed by atoms with Crippen LogP contribution in [0.1, 0.15) is 36.0 Å². The van der Waals surface area contributed by atoms with Crippen LogP contribution in [0.5, 0.6) is 0 Å². The summed E-state index contributed by atoms with van der Waals surface area (Å²) in [5.74, 6) is -2.33. The third kappa shape index (κ3) is 4.78. The second-order valence-corrected chi connectivity index (χ2v) is 13.3. The van der Waals surface area contributed by atoms with Crippen LogP contribution in [0.4, 0.5) is 5.69 Å². The standard InChI is InChI=1S/C34H38N2O5S/c1-22-12-10-13-23(2)29(22)35-18-11-17-34-28(27-26(42-34)16-8-3-4-9-19-41-33(27)40)31(38)36(30(34)32(35)39)25(21-37)20-24-14-6-5-7-15-24/h5-8,10-17,25-28,30,37H,3-4,9,18-21H2,1-2H3/b16-8-/t25-,26+,27-,28+,30?,34+/m1/s1. The van der Waals surface area contributed by atoms with Crippen LogP contribution >= 0.6 is 11.8 Å². The normalized spacial score (nSPS) is 30.7. The summed E-state index contributed by atoms with van der Waals surface area (Å²) in [5.41, 5.74) is 3.75. The summed E-state index contributed by atoms with van der Waals surface area (Å²) in [4.78, 5) is 46.6. The summed E-state index contributed by atoms with van der Waals surface area (Å²) in [7, 11) is 0. The van der Waals surface area contributed by atoms with Crippen molar-refractivity contribution in [2.24, 2.45) is 11.8 Å². The summed E-state index contributed by atoms with van der Waals surface area (Å²) in [6.07, 6.45) is 11.1. The summed E-state index contributed by atoms with van der Waals surface area (Å²) in [6, 6.07) is 14.1. The number of amides is 2. The van der Waals surface area contributed by atoms with Gasteiger partial charge in [-0.15, -0.1) is 11.8 Å². The molecule has 2 saturated heterocycles. The van der Waals surface area contributed by atoms with E-state index in [4.69, 9.17) is 4.74 Å². The van der Waals surface area contributed by atoms with Gasteiger partial charge in [0.25, 0.3) is 5.91 Å². The first-order valence-electron chi connectivity index (χ1n) is 14.9. The third-order valence-electron chi connectivity index (χ3n) is 9.17. The third-order valence-corrected chi connectivity index (χ3v) is 10.9. The van der Waals surface area contributed by atoms with Crippen LogP contribution in [-0.2, 0) is 25.5 Å². The lowest BCUT2D eigenvalue weighted by Crippen LogP contribution is -2.57. The number of rotatable bonds is 5. The van der Waals surface area contributed by atoms with Crippen LogP contribution in [0.15, 0.2) is 72.8 Å². The number of aryl methyl sites for hydroxylation is 2. The molecule has 220 valence electrons. The Hall–Kier alpha value is -3.36. The second-order valence-electron chi connectivity index (χ2n) is 11.8. The highest BCUT2D eigenvalue weighted by atomic mass is 32.2. The molecule has 0 saturated carbocycles. The first-order valence-corrected chi connectivity index (χ1v) is 15.8. The highest BCUT2D eigenvalue weighted by Crippen LogP contribution is 2.61. The Morgan fingerprint density at radius 2 is 1.76 bits per heavy atom. The number of benzene rings is 2. The van der Waals surface area contributed by atoms with Gasteiger partial charge in [-0.25, -0.2) is 0 Å². The van der Waals surface area contributed by atoms with E-state index in [9.17, 15) is 19.5 Å². The molecule has 6 rings (SSSR count). The van der Waals surface area contributed by atoms with Crippen LogP contribution in [0.3, 0.4) is 0 Å². The van der Waals surface area contributed by atoms with E-state index < -0.39 is 28.7 Å². The average Bonchev–Trinajstić information content (AvgIpc) is 3.38. The number of para-hydroxylation sites is 1. The van der Waals surface area contributed by atoms with Gasteiger partial charge in [-0.3, -0.25) is 14.4 Å². The number of hydrogen-bond acceptors (Lipinski definition) is 6. The predicted molar refractivity (Wildman–Crippen MR) is 164 cm³/mol. The largest absolute Gasteiger partial charge is 0.465 e. The molecule has 1 unspecified atom stereocenters. The maximum absolute atomic E-state index is 14.9. The number of esters is 1. The van der Waals surface area contributed by atoms with E-state index in [1.54, 1.807) is 9.80 Å². The summed E-state index contributed by atoms with van der Waals surface area (Å²) < 4.78 is 4.76. The zero-order chi connectivity index (χ0) is 29.4. The summed E-state index contributed by atoms with van der Waals surface area (Å²) in [5, 5.41) is 10.4. The number of aliphatic hydroxyl groups is 1. The molecule has 1 N–H and O–H groups in total. The number of likely N-dealkylation sites (tertiary alicyclic amines) is 1. The van der Waals surface area contributed by atoms with Gasteiger partial charge in [0.05, 0.1) is 35.8 Å². The van der Waals surface area contributed by atoms with Crippen molar-refractivity contribution in [3.8, 4) is 0 Å². The molecule has 2 amide bonds. The molecule has 0 aromatic heterocycles. The maximum Gasteiger partial charge on any atom is 0.311 e. The van der Waals surface area contributed by atoms with Crippen molar-refractivity contribution in [3.63, 3.8) is 0 Å². The minimum atomic E-state index is -0.976. The minimum Gasteiger partial charge on any atom is -0.465 e. The fourth-order valence-electron chi connectivity index (χ4n) is 7.32. The van der Waals surface area contributed by atoms with Gasteiger partial charge in [0.2, 0.25) is 5.91 Å². The van der Waals surface area contributed by atoms with Crippen molar-refractivity contribution in [1.29, 1.82) is 0 Å². The lowest BCUT2D eigenvalue weighted by molar-refractivity contribution is -0.153. The number of thioether (sulfide) groups is 1. The van der Waals surface area contributed by atoms with Crippen molar-refractivity contribution >= 4 is 35.2 Å². The van der Waals surface area contributed by atoms with Gasteiger partial charge in [-0.05, 0) is 56.2 Å². The van der Waals surface area contributed by atoms with E-state index >= 15 is 0 Å². The first kappa shape index (κ1) is 28.7. The van der Waals surface area contributed by atoms with Gasteiger partial charge in [0, 0.05) is 17.5 Å². The molecule has 2 fully saturated rings. The molecule has 2 aromatic rings. The SMILES string of the molecule is Cc1cccc(C)c1N1CC=C[C@]23S[C@H]4/C=C\CCCCOC(=O)[C@H]4[C@H]2C(=O)N([C@@H](CO)Cc2ccccc2)C3C1=O. The van der Waals surface area contributed by atoms with Crippen LogP contribution in [0, 0.1) is 25.7 Å².